The molecular formula is C22H32BrNO2. The van der Waals surface area contributed by atoms with Gasteiger partial charge < -0.3 is 9.47 Å². The molecular weight excluding hydrogens is 390 g/mol. The minimum absolute atomic E-state index is 0.389. The third-order valence-electron chi connectivity index (χ3n) is 6.08. The Kier molecular flexibility index (Phi) is 6.35. The van der Waals surface area contributed by atoms with Crippen LogP contribution in [0, 0.1) is 12.8 Å². The van der Waals surface area contributed by atoms with Crippen LogP contribution < -0.4 is 0 Å². The van der Waals surface area contributed by atoms with Crippen LogP contribution in [0.2, 0.25) is 0 Å². The van der Waals surface area contributed by atoms with Crippen molar-refractivity contribution in [1.29, 1.82) is 0 Å². The molecule has 0 bridgehead atoms. The van der Waals surface area contributed by atoms with Crippen molar-refractivity contribution in [3.8, 4) is 0 Å². The van der Waals surface area contributed by atoms with Crippen LogP contribution in [0.15, 0.2) is 22.7 Å². The summed E-state index contributed by atoms with van der Waals surface area (Å²) in [6.45, 7) is 6.09. The van der Waals surface area contributed by atoms with Crippen LogP contribution >= 0.6 is 15.9 Å². The smallest absolute Gasteiger partial charge is 0.0706 e. The zero-order valence-electron chi connectivity index (χ0n) is 16.0. The van der Waals surface area contributed by atoms with Crippen molar-refractivity contribution in [2.75, 3.05) is 19.7 Å². The first-order chi connectivity index (χ1) is 12.7. The Morgan fingerprint density at radius 1 is 1.04 bits per heavy atom. The monoisotopic (exact) mass is 421 g/mol. The van der Waals surface area contributed by atoms with E-state index < -0.39 is 0 Å². The molecule has 0 radical (unpaired) electrons. The molecule has 0 aromatic heterocycles. The largest absolute Gasteiger partial charge is 0.377 e. The van der Waals surface area contributed by atoms with Gasteiger partial charge in [-0.1, -0.05) is 28.1 Å². The van der Waals surface area contributed by atoms with Gasteiger partial charge >= 0.3 is 0 Å². The van der Waals surface area contributed by atoms with Crippen LogP contribution in [-0.4, -0.2) is 42.9 Å². The van der Waals surface area contributed by atoms with Crippen LogP contribution in [0.3, 0.4) is 0 Å². The van der Waals surface area contributed by atoms with Crippen molar-refractivity contribution in [2.24, 2.45) is 5.92 Å². The van der Waals surface area contributed by atoms with E-state index in [2.05, 4.69) is 46.0 Å². The molecule has 3 aliphatic rings. The lowest BCUT2D eigenvalue weighted by Gasteiger charge is -2.35. The van der Waals surface area contributed by atoms with Gasteiger partial charge in [-0.3, -0.25) is 4.90 Å². The maximum atomic E-state index is 6.50. The molecule has 3 atom stereocenters. The van der Waals surface area contributed by atoms with E-state index in [1.165, 1.54) is 60.5 Å². The van der Waals surface area contributed by atoms with Gasteiger partial charge in [0.1, 0.15) is 0 Å². The normalized spacial score (nSPS) is 29.4. The van der Waals surface area contributed by atoms with Crippen LogP contribution in [0.5, 0.6) is 0 Å². The van der Waals surface area contributed by atoms with Crippen molar-refractivity contribution in [3.63, 3.8) is 0 Å². The van der Waals surface area contributed by atoms with Gasteiger partial charge in [-0.15, -0.1) is 0 Å². The molecule has 0 spiro atoms. The van der Waals surface area contributed by atoms with Gasteiger partial charge in [-0.05, 0) is 75.0 Å². The predicted molar refractivity (Wildman–Crippen MR) is 108 cm³/mol. The first kappa shape index (κ1) is 18.9. The highest BCUT2D eigenvalue weighted by atomic mass is 79.9. The summed E-state index contributed by atoms with van der Waals surface area (Å²) in [5, 5.41) is 0. The van der Waals surface area contributed by atoms with Crippen molar-refractivity contribution in [1.82, 2.24) is 4.90 Å². The lowest BCUT2D eigenvalue weighted by molar-refractivity contribution is -0.0764. The molecule has 1 aliphatic carbocycles. The summed E-state index contributed by atoms with van der Waals surface area (Å²) >= 11 is 3.76. The molecule has 2 aliphatic heterocycles. The first-order valence-electron chi connectivity index (χ1n) is 10.4. The maximum Gasteiger partial charge on any atom is 0.0706 e. The minimum atomic E-state index is 0.389. The molecule has 0 amide bonds. The van der Waals surface area contributed by atoms with Gasteiger partial charge in [-0.2, -0.15) is 0 Å². The lowest BCUT2D eigenvalue weighted by Crippen LogP contribution is -2.41. The van der Waals surface area contributed by atoms with Crippen molar-refractivity contribution < 1.29 is 9.47 Å². The van der Waals surface area contributed by atoms with E-state index in [1.807, 2.05) is 0 Å². The molecule has 2 heterocycles. The number of benzene rings is 1. The van der Waals surface area contributed by atoms with E-state index in [0.717, 1.165) is 32.2 Å². The van der Waals surface area contributed by atoms with Gasteiger partial charge in [0.15, 0.2) is 0 Å². The van der Waals surface area contributed by atoms with Gasteiger partial charge in [-0.25, -0.2) is 0 Å². The van der Waals surface area contributed by atoms with E-state index in [1.54, 1.807) is 0 Å². The van der Waals surface area contributed by atoms with E-state index >= 15 is 0 Å². The summed E-state index contributed by atoms with van der Waals surface area (Å²) in [4.78, 5) is 2.57. The van der Waals surface area contributed by atoms with Crippen LogP contribution in [-0.2, 0) is 16.0 Å². The zero-order chi connectivity index (χ0) is 17.9. The highest BCUT2D eigenvalue weighted by Crippen LogP contribution is 2.39. The molecule has 2 saturated heterocycles. The van der Waals surface area contributed by atoms with Crippen LogP contribution in [0.1, 0.15) is 56.1 Å². The van der Waals surface area contributed by atoms with Gasteiger partial charge in [0.25, 0.3) is 0 Å². The van der Waals surface area contributed by atoms with E-state index in [-0.39, 0.29) is 0 Å². The summed E-state index contributed by atoms with van der Waals surface area (Å²) in [6, 6.07) is 6.70. The summed E-state index contributed by atoms with van der Waals surface area (Å²) in [7, 11) is 0. The number of ether oxygens (including phenoxy) is 2. The molecule has 144 valence electrons. The van der Waals surface area contributed by atoms with Gasteiger partial charge in [0.05, 0.1) is 18.3 Å². The third-order valence-corrected chi connectivity index (χ3v) is 6.82. The van der Waals surface area contributed by atoms with Crippen molar-refractivity contribution in [2.45, 2.75) is 76.7 Å². The number of halogens is 1. The van der Waals surface area contributed by atoms with E-state index in [4.69, 9.17) is 9.47 Å². The molecule has 3 nitrogen and oxygen atoms in total. The quantitative estimate of drug-likeness (QED) is 0.611. The highest BCUT2D eigenvalue weighted by molar-refractivity contribution is 9.10. The average Bonchev–Trinajstić information content (AvgIpc) is 3.35. The SMILES string of the molecule is Cc1ccc(CN(CC2CCCO2)CC2CCCC(C3CC3)O2)c(Br)c1. The first-order valence-corrected chi connectivity index (χ1v) is 11.2. The zero-order valence-corrected chi connectivity index (χ0v) is 17.5. The van der Waals surface area contributed by atoms with E-state index in [0.29, 0.717) is 18.3 Å². The fourth-order valence-corrected chi connectivity index (χ4v) is 5.09. The van der Waals surface area contributed by atoms with Crippen LogP contribution in [0.25, 0.3) is 0 Å². The fourth-order valence-electron chi connectivity index (χ4n) is 4.47. The Labute approximate surface area is 166 Å². The molecule has 3 unspecified atom stereocenters. The number of hydrogen-bond acceptors (Lipinski definition) is 3. The highest BCUT2D eigenvalue weighted by Gasteiger charge is 2.36. The number of nitrogens with zero attached hydrogens (tertiary/aromatic N) is 1. The molecule has 3 fully saturated rings. The second kappa shape index (κ2) is 8.72. The molecule has 1 aromatic carbocycles. The Morgan fingerprint density at radius 2 is 1.85 bits per heavy atom. The van der Waals surface area contributed by atoms with E-state index in [9.17, 15) is 0 Å². The van der Waals surface area contributed by atoms with Gasteiger partial charge in [0, 0.05) is 30.7 Å². The number of aryl methyl sites for hydroxylation is 1. The molecule has 1 aromatic rings. The Morgan fingerprint density at radius 3 is 2.58 bits per heavy atom. The second-order valence-corrected chi connectivity index (χ2v) is 9.34. The second-order valence-electron chi connectivity index (χ2n) is 8.49. The summed E-state index contributed by atoms with van der Waals surface area (Å²) < 4.78 is 13.7. The standard InChI is InChI=1S/C22H32BrNO2/c1-16-7-8-18(21(23)12-16)13-24(14-19-5-3-11-25-19)15-20-4-2-6-22(26-20)17-9-10-17/h7-8,12,17,19-20,22H,2-6,9-11,13-15H2,1H3. The number of rotatable bonds is 7. The third kappa shape index (κ3) is 5.09. The number of hydrogen-bond donors (Lipinski definition) is 0. The Bertz CT molecular complexity index is 598. The predicted octanol–water partition coefficient (Wildman–Crippen LogP) is 5.09. The summed E-state index contributed by atoms with van der Waals surface area (Å²) in [6.07, 6.45) is 10.3. The topological polar surface area (TPSA) is 21.7 Å². The lowest BCUT2D eigenvalue weighted by atomic mass is 10.0. The summed E-state index contributed by atoms with van der Waals surface area (Å²) in [5.41, 5.74) is 2.66. The molecule has 26 heavy (non-hydrogen) atoms. The van der Waals surface area contributed by atoms with Crippen molar-refractivity contribution >= 4 is 15.9 Å². The fraction of sp³-hybridized carbons (Fsp3) is 0.727. The van der Waals surface area contributed by atoms with Crippen LogP contribution in [0.4, 0.5) is 0 Å². The molecule has 4 rings (SSSR count). The maximum absolute atomic E-state index is 6.50. The average molecular weight is 422 g/mol. The molecule has 1 saturated carbocycles. The Hall–Kier alpha value is -0.420. The summed E-state index contributed by atoms with van der Waals surface area (Å²) in [5.74, 6) is 0.857. The van der Waals surface area contributed by atoms with Gasteiger partial charge in [0.2, 0.25) is 0 Å². The van der Waals surface area contributed by atoms with Crippen molar-refractivity contribution in [3.05, 3.63) is 33.8 Å². The minimum Gasteiger partial charge on any atom is -0.377 e. The Balaban J connectivity index is 1.41. The molecule has 4 heteroatoms. The molecule has 0 N–H and O–H groups in total.